The summed E-state index contributed by atoms with van der Waals surface area (Å²) in [6.45, 7) is -0.147. The highest BCUT2D eigenvalue weighted by molar-refractivity contribution is 9.10. The first-order valence-electron chi connectivity index (χ1n) is 7.70. The number of thiophene rings is 1. The van der Waals surface area contributed by atoms with Crippen LogP contribution in [-0.2, 0) is 16.1 Å². The van der Waals surface area contributed by atoms with E-state index in [4.69, 9.17) is 10.6 Å². The molecule has 0 spiro atoms. The lowest BCUT2D eigenvalue weighted by atomic mass is 9.88. The molecule has 5 nitrogen and oxygen atoms in total. The fraction of sp³-hybridized carbons (Fsp3) is 0.294. The largest absolute Gasteiger partial charge is 0.384 e. The van der Waals surface area contributed by atoms with Gasteiger partial charge in [0.25, 0.3) is 5.91 Å². The summed E-state index contributed by atoms with van der Waals surface area (Å²) in [5, 5.41) is 8.73. The summed E-state index contributed by atoms with van der Waals surface area (Å²) >= 11 is 4.81. The quantitative estimate of drug-likeness (QED) is 0.453. The molecule has 1 aliphatic rings. The van der Waals surface area contributed by atoms with Gasteiger partial charge in [0.15, 0.2) is 12.4 Å². The molecule has 1 amide bonds. The molecule has 1 unspecified atom stereocenters. The van der Waals surface area contributed by atoms with E-state index in [1.54, 1.807) is 0 Å². The van der Waals surface area contributed by atoms with Crippen LogP contribution < -0.4 is 11.1 Å². The molecule has 1 aromatic heterocycles. The number of amidine groups is 1. The molecule has 0 aliphatic heterocycles. The van der Waals surface area contributed by atoms with Crippen molar-refractivity contribution >= 4 is 39.0 Å². The number of benzene rings is 1. The van der Waals surface area contributed by atoms with Crippen molar-refractivity contribution in [3.05, 3.63) is 56.2 Å². The van der Waals surface area contributed by atoms with Gasteiger partial charge in [0, 0.05) is 9.85 Å². The third-order valence-electron chi connectivity index (χ3n) is 3.88. The minimum absolute atomic E-state index is 0.0422. The van der Waals surface area contributed by atoms with Crippen molar-refractivity contribution < 1.29 is 9.63 Å². The lowest BCUT2D eigenvalue weighted by molar-refractivity contribution is -0.126. The van der Waals surface area contributed by atoms with Gasteiger partial charge in [-0.3, -0.25) is 4.79 Å². The summed E-state index contributed by atoms with van der Waals surface area (Å²) in [7, 11) is 0. The number of nitrogens with one attached hydrogen (secondary N) is 1. The topological polar surface area (TPSA) is 76.7 Å². The number of rotatable bonds is 5. The van der Waals surface area contributed by atoms with E-state index >= 15 is 0 Å². The predicted octanol–water partition coefficient (Wildman–Crippen LogP) is 3.34. The Morgan fingerprint density at radius 3 is 3.08 bits per heavy atom. The second kappa shape index (κ2) is 7.81. The molecule has 1 atom stereocenters. The zero-order valence-electron chi connectivity index (χ0n) is 13.0. The van der Waals surface area contributed by atoms with Crippen molar-refractivity contribution in [2.75, 3.05) is 6.61 Å². The summed E-state index contributed by atoms with van der Waals surface area (Å²) in [6.07, 6.45) is 3.08. The average Bonchev–Trinajstić information content (AvgIpc) is 3.02. The molecule has 0 saturated heterocycles. The number of halogens is 1. The summed E-state index contributed by atoms with van der Waals surface area (Å²) in [5.74, 6) is 0.0714. The summed E-state index contributed by atoms with van der Waals surface area (Å²) < 4.78 is 0.939. The van der Waals surface area contributed by atoms with Crippen LogP contribution >= 0.6 is 27.3 Å². The van der Waals surface area contributed by atoms with Gasteiger partial charge < -0.3 is 15.9 Å². The highest BCUT2D eigenvalue weighted by Crippen LogP contribution is 2.29. The van der Waals surface area contributed by atoms with Gasteiger partial charge in [-0.2, -0.15) is 0 Å². The van der Waals surface area contributed by atoms with Crippen LogP contribution in [0.5, 0.6) is 0 Å². The number of amides is 1. The lowest BCUT2D eigenvalue weighted by Crippen LogP contribution is -2.33. The smallest absolute Gasteiger partial charge is 0.261 e. The highest BCUT2D eigenvalue weighted by Gasteiger charge is 2.21. The van der Waals surface area contributed by atoms with Crippen LogP contribution in [0, 0.1) is 0 Å². The van der Waals surface area contributed by atoms with E-state index < -0.39 is 0 Å². The highest BCUT2D eigenvalue weighted by atomic mass is 79.9. The third-order valence-corrected chi connectivity index (χ3v) is 5.60. The number of nitrogens with zero attached hydrogens (tertiary/aromatic N) is 1. The van der Waals surface area contributed by atoms with Crippen LogP contribution in [0.15, 0.2) is 45.3 Å². The van der Waals surface area contributed by atoms with Crippen LogP contribution in [0.3, 0.4) is 0 Å². The molecule has 1 aliphatic carbocycles. The molecule has 0 saturated carbocycles. The molecular formula is C17H18BrN3O2S. The lowest BCUT2D eigenvalue weighted by Gasteiger charge is -2.26. The van der Waals surface area contributed by atoms with Gasteiger partial charge in [0.2, 0.25) is 0 Å². The summed E-state index contributed by atoms with van der Waals surface area (Å²) in [4.78, 5) is 18.0. The number of aryl methyl sites for hydroxylation is 1. The molecule has 0 bridgehead atoms. The molecule has 2 aromatic rings. The molecule has 1 aromatic carbocycles. The Morgan fingerprint density at radius 1 is 1.46 bits per heavy atom. The van der Waals surface area contributed by atoms with E-state index in [9.17, 15) is 4.79 Å². The van der Waals surface area contributed by atoms with Crippen molar-refractivity contribution in [3.8, 4) is 0 Å². The number of oxime groups is 1. The van der Waals surface area contributed by atoms with Gasteiger partial charge in [0.1, 0.15) is 0 Å². The van der Waals surface area contributed by atoms with E-state index in [-0.39, 0.29) is 24.4 Å². The number of carbonyl (C=O) groups is 1. The summed E-state index contributed by atoms with van der Waals surface area (Å²) in [5.41, 5.74) is 8.33. The molecule has 7 heteroatoms. The van der Waals surface area contributed by atoms with Crippen molar-refractivity contribution in [2.45, 2.75) is 25.3 Å². The molecule has 24 heavy (non-hydrogen) atoms. The van der Waals surface area contributed by atoms with Crippen molar-refractivity contribution in [1.82, 2.24) is 5.32 Å². The SMILES string of the molecule is NC(=NOCC(=O)NC1CCCc2ccccc21)c1cc(Br)cs1. The van der Waals surface area contributed by atoms with Crippen LogP contribution in [0.4, 0.5) is 0 Å². The van der Waals surface area contributed by atoms with E-state index in [1.807, 2.05) is 23.6 Å². The average molecular weight is 408 g/mol. The fourth-order valence-electron chi connectivity index (χ4n) is 2.79. The minimum atomic E-state index is -0.194. The number of hydrogen-bond donors (Lipinski definition) is 2. The number of hydrogen-bond acceptors (Lipinski definition) is 4. The molecule has 3 rings (SSSR count). The third kappa shape index (κ3) is 4.15. The van der Waals surface area contributed by atoms with Gasteiger partial charge in [-0.05, 0) is 52.4 Å². The number of fused-ring (bicyclic) bond motifs is 1. The molecule has 3 N–H and O–H groups in total. The van der Waals surface area contributed by atoms with E-state index in [2.05, 4.69) is 38.5 Å². The molecule has 1 heterocycles. The minimum Gasteiger partial charge on any atom is -0.384 e. The van der Waals surface area contributed by atoms with Crippen LogP contribution in [-0.4, -0.2) is 18.3 Å². The Labute approximate surface area is 153 Å². The molecule has 126 valence electrons. The van der Waals surface area contributed by atoms with E-state index in [0.717, 1.165) is 28.6 Å². The Bertz CT molecular complexity index is 760. The van der Waals surface area contributed by atoms with Gasteiger partial charge >= 0.3 is 0 Å². The van der Waals surface area contributed by atoms with Crippen molar-refractivity contribution in [1.29, 1.82) is 0 Å². The van der Waals surface area contributed by atoms with Gasteiger partial charge in [-0.15, -0.1) is 11.3 Å². The maximum atomic E-state index is 12.1. The Balaban J connectivity index is 1.53. The second-order valence-electron chi connectivity index (χ2n) is 5.59. The van der Waals surface area contributed by atoms with E-state index in [0.29, 0.717) is 0 Å². The number of nitrogens with two attached hydrogens (primary N) is 1. The fourth-order valence-corrected chi connectivity index (χ4v) is 4.11. The molecule has 0 radical (unpaired) electrons. The Morgan fingerprint density at radius 2 is 2.29 bits per heavy atom. The normalized spacial score (nSPS) is 17.2. The maximum absolute atomic E-state index is 12.1. The molecular weight excluding hydrogens is 390 g/mol. The zero-order valence-corrected chi connectivity index (χ0v) is 15.4. The van der Waals surface area contributed by atoms with Crippen molar-refractivity contribution in [2.24, 2.45) is 10.9 Å². The van der Waals surface area contributed by atoms with Crippen LogP contribution in [0.2, 0.25) is 0 Å². The Hall–Kier alpha value is -1.86. The second-order valence-corrected chi connectivity index (χ2v) is 7.42. The predicted molar refractivity (Wildman–Crippen MR) is 99.0 cm³/mol. The van der Waals surface area contributed by atoms with Gasteiger partial charge in [0.05, 0.1) is 10.9 Å². The standard InChI is InChI=1S/C17H18BrN3O2S/c18-12-8-15(24-10-12)17(19)21-23-9-16(22)20-14-7-3-5-11-4-1-2-6-13(11)14/h1-2,4,6,8,10,14H,3,5,7,9H2,(H2,19,21)(H,20,22). The van der Waals surface area contributed by atoms with Gasteiger partial charge in [-0.1, -0.05) is 29.4 Å². The molecule has 0 fully saturated rings. The van der Waals surface area contributed by atoms with E-state index in [1.165, 1.54) is 22.5 Å². The van der Waals surface area contributed by atoms with Gasteiger partial charge in [-0.25, -0.2) is 0 Å². The zero-order chi connectivity index (χ0) is 16.9. The number of carbonyl (C=O) groups excluding carboxylic acids is 1. The first kappa shape index (κ1) is 17.0. The first-order chi connectivity index (χ1) is 11.6. The summed E-state index contributed by atoms with van der Waals surface area (Å²) in [6, 6.07) is 10.1. The van der Waals surface area contributed by atoms with Crippen LogP contribution in [0.1, 0.15) is 34.9 Å². The first-order valence-corrected chi connectivity index (χ1v) is 9.38. The maximum Gasteiger partial charge on any atom is 0.261 e. The monoisotopic (exact) mass is 407 g/mol. The van der Waals surface area contributed by atoms with Crippen molar-refractivity contribution in [3.63, 3.8) is 0 Å². The Kier molecular flexibility index (Phi) is 5.52. The van der Waals surface area contributed by atoms with Crippen LogP contribution in [0.25, 0.3) is 0 Å².